The number of hydrogen-bond donors (Lipinski definition) is 1. The first-order chi connectivity index (χ1) is 10.8. The largest absolute Gasteiger partial charge is 0.507 e. The van der Waals surface area contributed by atoms with E-state index in [9.17, 15) is 5.11 Å². The monoisotopic (exact) mass is 329 g/mol. The smallest absolute Gasteiger partial charge is 0.127 e. The molecule has 122 valence electrons. The van der Waals surface area contributed by atoms with E-state index in [-0.39, 0.29) is 5.75 Å². The fourth-order valence-corrected chi connectivity index (χ4v) is 2.94. The number of phenols is 1. The fourth-order valence-electron chi connectivity index (χ4n) is 2.65. The lowest BCUT2D eigenvalue weighted by atomic mass is 9.93. The third-order valence-electron chi connectivity index (χ3n) is 3.97. The summed E-state index contributed by atoms with van der Waals surface area (Å²) in [5.41, 5.74) is 4.81. The summed E-state index contributed by atoms with van der Waals surface area (Å²) in [5.74, 6) is 0.998. The van der Waals surface area contributed by atoms with Gasteiger partial charge < -0.3 is 5.11 Å². The van der Waals surface area contributed by atoms with Crippen LogP contribution < -0.4 is 0 Å². The first-order valence-corrected chi connectivity index (χ1v) is 8.35. The molecule has 0 fully saturated rings. The average Bonchev–Trinajstić information content (AvgIpc) is 2.48. The highest BCUT2D eigenvalue weighted by Gasteiger charge is 2.13. The lowest BCUT2D eigenvalue weighted by Gasteiger charge is -2.16. The maximum atomic E-state index is 10.2. The molecule has 2 aromatic rings. The Morgan fingerprint density at radius 3 is 2.13 bits per heavy atom. The summed E-state index contributed by atoms with van der Waals surface area (Å²) < 4.78 is 0. The van der Waals surface area contributed by atoms with Crippen molar-refractivity contribution in [2.45, 2.75) is 46.5 Å². The zero-order valence-electron chi connectivity index (χ0n) is 14.4. The predicted octanol–water partition coefficient (Wildman–Crippen LogP) is 6.35. The van der Waals surface area contributed by atoms with Crippen LogP contribution in [0.3, 0.4) is 0 Å². The van der Waals surface area contributed by atoms with Crippen LogP contribution in [-0.4, -0.2) is 11.3 Å². The van der Waals surface area contributed by atoms with Gasteiger partial charge in [0.25, 0.3) is 0 Å². The number of hydrogen-bond acceptors (Lipinski definition) is 2. The molecule has 0 saturated carbocycles. The molecule has 2 rings (SSSR count). The molecule has 0 radical (unpaired) electrons. The molecule has 0 heterocycles. The second-order valence-electron chi connectivity index (χ2n) is 6.51. The van der Waals surface area contributed by atoms with Gasteiger partial charge in [-0.3, -0.25) is 4.99 Å². The van der Waals surface area contributed by atoms with Crippen molar-refractivity contribution < 1.29 is 5.11 Å². The molecule has 0 bridgehead atoms. The maximum absolute atomic E-state index is 10.2. The number of benzene rings is 2. The van der Waals surface area contributed by atoms with Gasteiger partial charge in [-0.25, -0.2) is 0 Å². The zero-order valence-corrected chi connectivity index (χ0v) is 15.1. The number of aliphatic imine (C=N–C) groups is 1. The number of rotatable bonds is 4. The van der Waals surface area contributed by atoms with Crippen LogP contribution in [0, 0.1) is 6.92 Å². The number of phenolic OH excluding ortho intramolecular Hbond substituents is 1. The third kappa shape index (κ3) is 3.94. The Hall–Kier alpha value is -1.80. The second kappa shape index (κ2) is 7.18. The normalized spacial score (nSPS) is 11.8. The third-order valence-corrected chi connectivity index (χ3v) is 4.19. The zero-order chi connectivity index (χ0) is 17.1. The summed E-state index contributed by atoms with van der Waals surface area (Å²) in [4.78, 5) is 4.72. The van der Waals surface area contributed by atoms with E-state index in [0.717, 1.165) is 11.3 Å². The molecular formula is C20H24ClNO. The summed E-state index contributed by atoms with van der Waals surface area (Å²) in [5, 5.41) is 10.8. The fraction of sp³-hybridized carbons (Fsp3) is 0.350. The van der Waals surface area contributed by atoms with E-state index in [1.165, 1.54) is 11.1 Å². The van der Waals surface area contributed by atoms with Crippen molar-refractivity contribution in [1.29, 1.82) is 0 Å². The molecule has 0 spiro atoms. The van der Waals surface area contributed by atoms with Crippen LogP contribution in [0.4, 0.5) is 5.69 Å². The van der Waals surface area contributed by atoms with E-state index >= 15 is 0 Å². The Kier molecular flexibility index (Phi) is 5.48. The quantitative estimate of drug-likeness (QED) is 0.651. The molecule has 0 aromatic heterocycles. The standard InChI is InChI=1S/C20H24ClNO/c1-12(2)17-7-6-8-18(13(3)4)19(17)22-11-15-10-16(21)9-14(5)20(15)23/h6-13,23H,1-5H3. The van der Waals surface area contributed by atoms with E-state index < -0.39 is 0 Å². The molecule has 0 saturated heterocycles. The van der Waals surface area contributed by atoms with Crippen molar-refractivity contribution in [1.82, 2.24) is 0 Å². The van der Waals surface area contributed by atoms with Gasteiger partial charge in [-0.2, -0.15) is 0 Å². The van der Waals surface area contributed by atoms with Gasteiger partial charge in [0.15, 0.2) is 0 Å². The van der Waals surface area contributed by atoms with E-state index in [0.29, 0.717) is 22.4 Å². The minimum absolute atomic E-state index is 0.228. The van der Waals surface area contributed by atoms with Gasteiger partial charge in [0.1, 0.15) is 5.75 Å². The van der Waals surface area contributed by atoms with Crippen LogP contribution >= 0.6 is 11.6 Å². The Morgan fingerprint density at radius 2 is 1.61 bits per heavy atom. The number of halogens is 1. The molecule has 2 aromatic carbocycles. The van der Waals surface area contributed by atoms with Gasteiger partial charge in [0.2, 0.25) is 0 Å². The van der Waals surface area contributed by atoms with E-state index in [2.05, 4.69) is 45.9 Å². The highest BCUT2D eigenvalue weighted by Crippen LogP contribution is 2.35. The highest BCUT2D eigenvalue weighted by molar-refractivity contribution is 6.31. The van der Waals surface area contributed by atoms with Crippen molar-refractivity contribution >= 4 is 23.5 Å². The second-order valence-corrected chi connectivity index (χ2v) is 6.95. The van der Waals surface area contributed by atoms with E-state index in [1.807, 2.05) is 6.92 Å². The molecule has 0 amide bonds. The molecule has 23 heavy (non-hydrogen) atoms. The van der Waals surface area contributed by atoms with Crippen molar-refractivity contribution in [3.05, 3.63) is 57.6 Å². The molecule has 0 atom stereocenters. The van der Waals surface area contributed by atoms with Gasteiger partial charge in [0, 0.05) is 16.8 Å². The van der Waals surface area contributed by atoms with Crippen LogP contribution in [0.15, 0.2) is 35.3 Å². The van der Waals surface area contributed by atoms with Crippen LogP contribution in [0.1, 0.15) is 61.8 Å². The van der Waals surface area contributed by atoms with Crippen LogP contribution in [-0.2, 0) is 0 Å². The number of aryl methyl sites for hydroxylation is 1. The topological polar surface area (TPSA) is 32.6 Å². The van der Waals surface area contributed by atoms with Gasteiger partial charge >= 0.3 is 0 Å². The lowest BCUT2D eigenvalue weighted by Crippen LogP contribution is -1.96. The summed E-state index contributed by atoms with van der Waals surface area (Å²) >= 11 is 6.09. The van der Waals surface area contributed by atoms with Gasteiger partial charge in [-0.1, -0.05) is 57.5 Å². The first kappa shape index (κ1) is 17.6. The highest BCUT2D eigenvalue weighted by atomic mass is 35.5. The summed E-state index contributed by atoms with van der Waals surface area (Å²) in [6, 6.07) is 9.81. The molecule has 3 heteroatoms. The molecule has 0 aliphatic rings. The molecule has 0 unspecified atom stereocenters. The van der Waals surface area contributed by atoms with E-state index in [4.69, 9.17) is 16.6 Å². The lowest BCUT2D eigenvalue weighted by molar-refractivity contribution is 0.470. The number of para-hydroxylation sites is 1. The average molecular weight is 330 g/mol. The molecule has 1 N–H and O–H groups in total. The molecule has 0 aliphatic heterocycles. The summed E-state index contributed by atoms with van der Waals surface area (Å²) in [6.07, 6.45) is 1.71. The predicted molar refractivity (Wildman–Crippen MR) is 99.7 cm³/mol. The van der Waals surface area contributed by atoms with Crippen LogP contribution in [0.2, 0.25) is 5.02 Å². The van der Waals surface area contributed by atoms with Crippen molar-refractivity contribution in [3.63, 3.8) is 0 Å². The minimum Gasteiger partial charge on any atom is -0.507 e. The van der Waals surface area contributed by atoms with Crippen molar-refractivity contribution in [2.24, 2.45) is 4.99 Å². The van der Waals surface area contributed by atoms with Gasteiger partial charge in [0.05, 0.1) is 5.69 Å². The van der Waals surface area contributed by atoms with E-state index in [1.54, 1.807) is 18.3 Å². The Bertz CT molecular complexity index is 706. The molecule has 2 nitrogen and oxygen atoms in total. The van der Waals surface area contributed by atoms with Crippen molar-refractivity contribution in [2.75, 3.05) is 0 Å². The first-order valence-electron chi connectivity index (χ1n) is 7.97. The number of nitrogens with zero attached hydrogens (tertiary/aromatic N) is 1. The Morgan fingerprint density at radius 1 is 1.04 bits per heavy atom. The SMILES string of the molecule is Cc1cc(Cl)cc(C=Nc2c(C(C)C)cccc2C(C)C)c1O. The van der Waals surface area contributed by atoms with Gasteiger partial charge in [-0.05, 0) is 47.6 Å². The maximum Gasteiger partial charge on any atom is 0.127 e. The summed E-state index contributed by atoms with van der Waals surface area (Å²) in [7, 11) is 0. The molecule has 0 aliphatic carbocycles. The number of aromatic hydroxyl groups is 1. The minimum atomic E-state index is 0.228. The van der Waals surface area contributed by atoms with Gasteiger partial charge in [-0.15, -0.1) is 0 Å². The summed E-state index contributed by atoms with van der Waals surface area (Å²) in [6.45, 7) is 10.5. The molecular weight excluding hydrogens is 306 g/mol. The van der Waals surface area contributed by atoms with Crippen LogP contribution in [0.25, 0.3) is 0 Å². The Labute approximate surface area is 143 Å². The Balaban J connectivity index is 2.55. The van der Waals surface area contributed by atoms with Crippen molar-refractivity contribution in [3.8, 4) is 5.75 Å². The van der Waals surface area contributed by atoms with Crippen LogP contribution in [0.5, 0.6) is 5.75 Å².